The highest BCUT2D eigenvalue weighted by molar-refractivity contribution is 5.92. The third-order valence-corrected chi connectivity index (χ3v) is 2.93. The van der Waals surface area contributed by atoms with Gasteiger partial charge < -0.3 is 10.1 Å². The Morgan fingerprint density at radius 1 is 1.48 bits per heavy atom. The molecule has 0 saturated carbocycles. The molecule has 0 bridgehead atoms. The largest absolute Gasteiger partial charge is 0.489 e. The van der Waals surface area contributed by atoms with Crippen molar-refractivity contribution in [2.45, 2.75) is 26.4 Å². The number of carbonyl (C=O) groups excluding carboxylic acids is 1. The summed E-state index contributed by atoms with van der Waals surface area (Å²) >= 11 is 0. The Balaban J connectivity index is 1.83. The van der Waals surface area contributed by atoms with Crippen LogP contribution in [0.15, 0.2) is 30.3 Å². The van der Waals surface area contributed by atoms with E-state index in [-0.39, 0.29) is 17.8 Å². The van der Waals surface area contributed by atoms with E-state index < -0.39 is 0 Å². The van der Waals surface area contributed by atoms with Crippen LogP contribution in [-0.2, 0) is 6.42 Å². The molecule has 0 fully saturated rings. The lowest BCUT2D eigenvalue weighted by Crippen LogP contribution is -2.33. The van der Waals surface area contributed by atoms with Crippen LogP contribution in [0.4, 0.5) is 4.39 Å². The van der Waals surface area contributed by atoms with Crippen LogP contribution in [0.5, 0.6) is 5.75 Å². The van der Waals surface area contributed by atoms with Crippen molar-refractivity contribution in [2.75, 3.05) is 6.54 Å². The molecular weight excluding hydrogens is 273 g/mol. The van der Waals surface area contributed by atoms with Crippen LogP contribution in [0.1, 0.15) is 30.0 Å². The van der Waals surface area contributed by atoms with Crippen LogP contribution < -0.4 is 10.1 Å². The molecular formula is C15H18FN3O2. The summed E-state index contributed by atoms with van der Waals surface area (Å²) in [5.41, 5.74) is 1.26. The molecule has 0 aliphatic rings. The number of aromatic amines is 1. The minimum Gasteiger partial charge on any atom is -0.489 e. The van der Waals surface area contributed by atoms with E-state index in [4.69, 9.17) is 4.74 Å². The summed E-state index contributed by atoms with van der Waals surface area (Å²) in [6, 6.07) is 7.61. The van der Waals surface area contributed by atoms with E-state index in [0.717, 1.165) is 12.1 Å². The average Bonchev–Trinajstić information content (AvgIpc) is 2.94. The van der Waals surface area contributed by atoms with Gasteiger partial charge >= 0.3 is 0 Å². The number of aromatic nitrogens is 2. The van der Waals surface area contributed by atoms with Gasteiger partial charge in [-0.25, -0.2) is 4.39 Å². The van der Waals surface area contributed by atoms with E-state index in [1.807, 2.05) is 6.92 Å². The Morgan fingerprint density at radius 3 is 2.95 bits per heavy atom. The van der Waals surface area contributed by atoms with Gasteiger partial charge in [0.1, 0.15) is 23.4 Å². The molecule has 2 aromatic rings. The Kier molecular flexibility index (Phi) is 4.92. The van der Waals surface area contributed by atoms with Gasteiger partial charge in [-0.3, -0.25) is 9.89 Å². The SMILES string of the molecule is CCc1cc(C(=O)NCC(C)Oc2cccc(F)c2)n[nH]1. The minimum atomic E-state index is -0.354. The summed E-state index contributed by atoms with van der Waals surface area (Å²) in [6.45, 7) is 4.08. The Bertz CT molecular complexity index is 612. The molecule has 1 aromatic carbocycles. The van der Waals surface area contributed by atoms with Crippen molar-refractivity contribution >= 4 is 5.91 Å². The third-order valence-electron chi connectivity index (χ3n) is 2.93. The van der Waals surface area contributed by atoms with Gasteiger partial charge in [0.25, 0.3) is 5.91 Å². The Labute approximate surface area is 122 Å². The van der Waals surface area contributed by atoms with Gasteiger partial charge in [0.15, 0.2) is 0 Å². The molecule has 6 heteroatoms. The van der Waals surface area contributed by atoms with Gasteiger partial charge in [0.05, 0.1) is 6.54 Å². The van der Waals surface area contributed by atoms with Crippen LogP contribution in [0.2, 0.25) is 0 Å². The number of nitrogens with one attached hydrogen (secondary N) is 2. The van der Waals surface area contributed by atoms with Gasteiger partial charge in [0, 0.05) is 11.8 Å². The number of aryl methyl sites for hydroxylation is 1. The summed E-state index contributed by atoms with van der Waals surface area (Å²) in [5.74, 6) is -0.183. The van der Waals surface area contributed by atoms with Gasteiger partial charge in [-0.15, -0.1) is 0 Å². The van der Waals surface area contributed by atoms with E-state index >= 15 is 0 Å². The molecule has 0 spiro atoms. The molecule has 2 rings (SSSR count). The fourth-order valence-corrected chi connectivity index (χ4v) is 1.80. The third kappa shape index (κ3) is 4.30. The van der Waals surface area contributed by atoms with Crippen molar-refractivity contribution in [1.82, 2.24) is 15.5 Å². The zero-order valence-electron chi connectivity index (χ0n) is 12.0. The van der Waals surface area contributed by atoms with Crippen LogP contribution in [0.25, 0.3) is 0 Å². The predicted molar refractivity (Wildman–Crippen MR) is 76.8 cm³/mol. The number of hydrogen-bond acceptors (Lipinski definition) is 3. The Hall–Kier alpha value is -2.37. The maximum Gasteiger partial charge on any atom is 0.271 e. The number of H-pyrrole nitrogens is 1. The highest BCUT2D eigenvalue weighted by atomic mass is 19.1. The topological polar surface area (TPSA) is 67.0 Å². The van der Waals surface area contributed by atoms with Gasteiger partial charge in [-0.1, -0.05) is 13.0 Å². The summed E-state index contributed by atoms with van der Waals surface area (Å²) in [6.07, 6.45) is 0.514. The van der Waals surface area contributed by atoms with Crippen molar-refractivity contribution in [3.8, 4) is 5.75 Å². The summed E-state index contributed by atoms with van der Waals surface area (Å²) in [4.78, 5) is 11.9. The van der Waals surface area contributed by atoms with Crippen molar-refractivity contribution < 1.29 is 13.9 Å². The number of ether oxygens (including phenoxy) is 1. The van der Waals surface area contributed by atoms with Crippen molar-refractivity contribution in [2.24, 2.45) is 0 Å². The first-order chi connectivity index (χ1) is 10.1. The fraction of sp³-hybridized carbons (Fsp3) is 0.333. The van der Waals surface area contributed by atoms with Crippen LogP contribution in [0, 0.1) is 5.82 Å². The van der Waals surface area contributed by atoms with Crippen LogP contribution in [-0.4, -0.2) is 28.8 Å². The number of amides is 1. The first-order valence-corrected chi connectivity index (χ1v) is 6.83. The molecule has 1 atom stereocenters. The molecule has 1 aromatic heterocycles. The molecule has 2 N–H and O–H groups in total. The lowest BCUT2D eigenvalue weighted by molar-refractivity contribution is 0.0927. The van der Waals surface area contributed by atoms with Crippen molar-refractivity contribution in [1.29, 1.82) is 0 Å². The molecule has 0 radical (unpaired) electrons. The minimum absolute atomic E-state index is 0.263. The molecule has 0 saturated heterocycles. The van der Waals surface area contributed by atoms with Crippen LogP contribution >= 0.6 is 0 Å². The number of nitrogens with zero attached hydrogens (tertiary/aromatic N) is 1. The number of rotatable bonds is 6. The van der Waals surface area contributed by atoms with E-state index in [1.54, 1.807) is 25.1 Å². The number of carbonyl (C=O) groups is 1. The Morgan fingerprint density at radius 2 is 2.29 bits per heavy atom. The second kappa shape index (κ2) is 6.88. The normalized spacial score (nSPS) is 12.0. The van der Waals surface area contributed by atoms with E-state index in [9.17, 15) is 9.18 Å². The highest BCUT2D eigenvalue weighted by Gasteiger charge is 2.12. The molecule has 21 heavy (non-hydrogen) atoms. The van der Waals surface area contributed by atoms with Crippen LogP contribution in [0.3, 0.4) is 0 Å². The van der Waals surface area contributed by atoms with Gasteiger partial charge in [-0.05, 0) is 31.5 Å². The zero-order chi connectivity index (χ0) is 15.2. The van der Waals surface area contributed by atoms with Crippen molar-refractivity contribution in [3.63, 3.8) is 0 Å². The molecule has 0 aliphatic carbocycles. The number of benzene rings is 1. The quantitative estimate of drug-likeness (QED) is 0.858. The summed E-state index contributed by atoms with van der Waals surface area (Å²) in [7, 11) is 0. The first-order valence-electron chi connectivity index (χ1n) is 6.83. The fourth-order valence-electron chi connectivity index (χ4n) is 1.80. The maximum atomic E-state index is 13.0. The first kappa shape index (κ1) is 15.0. The van der Waals surface area contributed by atoms with E-state index in [2.05, 4.69) is 15.5 Å². The highest BCUT2D eigenvalue weighted by Crippen LogP contribution is 2.13. The summed E-state index contributed by atoms with van der Waals surface area (Å²) < 4.78 is 18.6. The standard InChI is InChI=1S/C15H18FN3O2/c1-3-12-8-14(19-18-12)15(20)17-9-10(2)21-13-6-4-5-11(16)7-13/h4-8,10H,3,9H2,1-2H3,(H,17,20)(H,18,19). The molecule has 1 unspecified atom stereocenters. The zero-order valence-corrected chi connectivity index (χ0v) is 12.0. The molecule has 112 valence electrons. The van der Waals surface area contributed by atoms with E-state index in [1.165, 1.54) is 12.1 Å². The van der Waals surface area contributed by atoms with E-state index in [0.29, 0.717) is 18.0 Å². The molecule has 1 heterocycles. The average molecular weight is 291 g/mol. The van der Waals surface area contributed by atoms with Crippen molar-refractivity contribution in [3.05, 3.63) is 47.5 Å². The maximum absolute atomic E-state index is 13.0. The summed E-state index contributed by atoms with van der Waals surface area (Å²) in [5, 5.41) is 9.45. The number of hydrogen-bond donors (Lipinski definition) is 2. The lowest BCUT2D eigenvalue weighted by atomic mass is 10.3. The lowest BCUT2D eigenvalue weighted by Gasteiger charge is -2.15. The van der Waals surface area contributed by atoms with Gasteiger partial charge in [0.2, 0.25) is 0 Å². The molecule has 5 nitrogen and oxygen atoms in total. The van der Waals surface area contributed by atoms with Gasteiger partial charge in [-0.2, -0.15) is 5.10 Å². The predicted octanol–water partition coefficient (Wildman–Crippen LogP) is 2.31. The number of halogens is 1. The molecule has 0 aliphatic heterocycles. The second-order valence-corrected chi connectivity index (χ2v) is 4.73. The second-order valence-electron chi connectivity index (χ2n) is 4.73. The molecule has 1 amide bonds. The monoisotopic (exact) mass is 291 g/mol. The smallest absolute Gasteiger partial charge is 0.271 e.